The van der Waals surface area contributed by atoms with Gasteiger partial charge in [-0.1, -0.05) is 59.1 Å². The summed E-state index contributed by atoms with van der Waals surface area (Å²) in [6.07, 6.45) is 5.97. The Morgan fingerprint density at radius 3 is 2.08 bits per heavy atom. The van der Waals surface area contributed by atoms with Crippen LogP contribution in [-0.2, 0) is 25.5 Å². The lowest BCUT2D eigenvalue weighted by Crippen LogP contribution is -2.25. The van der Waals surface area contributed by atoms with Gasteiger partial charge >= 0.3 is 11.9 Å². The van der Waals surface area contributed by atoms with Crippen LogP contribution in [0.25, 0.3) is 10.8 Å². The van der Waals surface area contributed by atoms with Crippen LogP contribution in [0, 0.1) is 5.92 Å². The van der Waals surface area contributed by atoms with Gasteiger partial charge in [0.1, 0.15) is 36.9 Å². The van der Waals surface area contributed by atoms with Gasteiger partial charge in [-0.2, -0.15) is 0 Å². The fourth-order valence-corrected chi connectivity index (χ4v) is 6.09. The largest absolute Gasteiger partial charge is 0.489 e. The number of benzene rings is 2. The Labute approximate surface area is 226 Å². The number of ether oxygens (including phenoxy) is 4. The first-order valence-electron chi connectivity index (χ1n) is 13.9. The van der Waals surface area contributed by atoms with Crippen molar-refractivity contribution < 1.29 is 28.5 Å². The van der Waals surface area contributed by atoms with E-state index >= 15 is 0 Å². The Hall–Kier alpha value is -3.28. The van der Waals surface area contributed by atoms with E-state index in [0.29, 0.717) is 30.6 Å². The van der Waals surface area contributed by atoms with Crippen LogP contribution in [-0.4, -0.2) is 37.4 Å². The highest BCUT2D eigenvalue weighted by Crippen LogP contribution is 2.63. The highest BCUT2D eigenvalue weighted by Gasteiger charge is 2.47. The van der Waals surface area contributed by atoms with E-state index in [9.17, 15) is 9.59 Å². The molecule has 0 aliphatic heterocycles. The van der Waals surface area contributed by atoms with Gasteiger partial charge in [-0.05, 0) is 55.4 Å². The van der Waals surface area contributed by atoms with Gasteiger partial charge in [0.25, 0.3) is 0 Å². The van der Waals surface area contributed by atoms with E-state index in [4.69, 9.17) is 18.9 Å². The van der Waals surface area contributed by atoms with Crippen LogP contribution in [0.3, 0.4) is 0 Å². The minimum absolute atomic E-state index is 0.273. The van der Waals surface area contributed by atoms with E-state index in [2.05, 4.69) is 45.2 Å². The van der Waals surface area contributed by atoms with Crippen molar-refractivity contribution in [3.63, 3.8) is 0 Å². The molecule has 0 aromatic heterocycles. The summed E-state index contributed by atoms with van der Waals surface area (Å²) < 4.78 is 24.2. The predicted molar refractivity (Wildman–Crippen MR) is 149 cm³/mol. The molecule has 5 atom stereocenters. The number of esters is 2. The molecule has 0 spiro atoms. The lowest BCUT2D eigenvalue weighted by Gasteiger charge is -2.30. The molecule has 2 aliphatic rings. The van der Waals surface area contributed by atoms with Gasteiger partial charge in [0.05, 0.1) is 0 Å². The lowest BCUT2D eigenvalue weighted by atomic mass is 9.81. The number of aryl methyl sites for hydroxylation is 1. The zero-order valence-corrected chi connectivity index (χ0v) is 23.1. The second-order valence-electron chi connectivity index (χ2n) is 10.4. The second-order valence-corrected chi connectivity index (χ2v) is 10.4. The summed E-state index contributed by atoms with van der Waals surface area (Å²) >= 11 is 0. The molecule has 5 unspecified atom stereocenters. The molecule has 204 valence electrons. The van der Waals surface area contributed by atoms with Crippen molar-refractivity contribution in [1.82, 2.24) is 0 Å². The molecular weight excluding hydrogens is 480 g/mol. The first-order chi connectivity index (χ1) is 18.4. The average molecular weight is 521 g/mol. The van der Waals surface area contributed by atoms with Gasteiger partial charge in [-0.3, -0.25) is 0 Å². The summed E-state index contributed by atoms with van der Waals surface area (Å²) in [6, 6.07) is 6.30. The maximum atomic E-state index is 11.9. The number of fused-ring (bicyclic) bond motifs is 6. The van der Waals surface area contributed by atoms with Crippen LogP contribution >= 0.6 is 0 Å². The van der Waals surface area contributed by atoms with Crippen LogP contribution in [0.1, 0.15) is 81.9 Å². The third kappa shape index (κ3) is 5.31. The first kappa shape index (κ1) is 27.7. The molecule has 2 aliphatic carbocycles. The molecule has 0 saturated heterocycles. The molecule has 2 aromatic carbocycles. The van der Waals surface area contributed by atoms with E-state index in [1.165, 1.54) is 28.8 Å². The summed E-state index contributed by atoms with van der Waals surface area (Å²) in [6.45, 7) is 16.0. The summed E-state index contributed by atoms with van der Waals surface area (Å²) in [5.41, 5.74) is 3.64. The van der Waals surface area contributed by atoms with Crippen molar-refractivity contribution in [1.29, 1.82) is 0 Å². The summed E-state index contributed by atoms with van der Waals surface area (Å²) in [4.78, 5) is 23.7. The molecule has 2 bridgehead atoms. The smallest absolute Gasteiger partial charge is 0.330 e. The molecule has 1 fully saturated rings. The molecular formula is C32H40O6. The molecule has 0 radical (unpaired) electrons. The van der Waals surface area contributed by atoms with Crippen LogP contribution in [0.4, 0.5) is 0 Å². The number of hydrogen-bond acceptors (Lipinski definition) is 6. The molecule has 4 rings (SSSR count). The van der Waals surface area contributed by atoms with Crippen LogP contribution < -0.4 is 9.47 Å². The van der Waals surface area contributed by atoms with E-state index in [-0.39, 0.29) is 25.4 Å². The van der Waals surface area contributed by atoms with Gasteiger partial charge in [0, 0.05) is 34.1 Å². The first-order valence-corrected chi connectivity index (χ1v) is 13.9. The summed E-state index contributed by atoms with van der Waals surface area (Å²) in [7, 11) is 0. The van der Waals surface area contributed by atoms with Gasteiger partial charge < -0.3 is 18.9 Å². The number of carbonyl (C=O) groups excluding carboxylic acids is 2. The third-order valence-corrected chi connectivity index (χ3v) is 8.08. The average Bonchev–Trinajstić information content (AvgIpc) is 3.50. The number of rotatable bonds is 13. The van der Waals surface area contributed by atoms with Crippen LogP contribution in [0.2, 0.25) is 0 Å². The molecule has 38 heavy (non-hydrogen) atoms. The minimum atomic E-state index is -0.442. The second kappa shape index (κ2) is 12.1. The monoisotopic (exact) mass is 520 g/mol. The predicted octanol–water partition coefficient (Wildman–Crippen LogP) is 6.79. The molecule has 0 N–H and O–H groups in total. The Kier molecular flexibility index (Phi) is 8.80. The zero-order valence-electron chi connectivity index (χ0n) is 23.1. The standard InChI is InChI=1S/C32H40O6/c1-7-20-13-12-14-24-28(20)32(36-18-23(9-3)38-27(34)11-5)29-21-15-19(6)25(16-21)30(29)31(24)35-17-22(8-2)37-26(33)10-4/h10-14,19,21-23,25H,4-5,7-9,15-18H2,1-3,6H3. The van der Waals surface area contributed by atoms with Crippen molar-refractivity contribution >= 4 is 22.7 Å². The molecule has 0 amide bonds. The fraction of sp³-hybridized carbons (Fsp3) is 0.500. The van der Waals surface area contributed by atoms with Crippen molar-refractivity contribution in [2.24, 2.45) is 5.92 Å². The van der Waals surface area contributed by atoms with Crippen LogP contribution in [0.5, 0.6) is 11.5 Å². The third-order valence-electron chi connectivity index (χ3n) is 8.08. The summed E-state index contributed by atoms with van der Waals surface area (Å²) in [5, 5.41) is 2.07. The highest BCUT2D eigenvalue weighted by molar-refractivity contribution is 5.99. The van der Waals surface area contributed by atoms with E-state index in [1.807, 2.05) is 13.8 Å². The van der Waals surface area contributed by atoms with Crippen molar-refractivity contribution in [3.8, 4) is 11.5 Å². The Morgan fingerprint density at radius 2 is 1.53 bits per heavy atom. The Morgan fingerprint density at radius 1 is 0.921 bits per heavy atom. The maximum absolute atomic E-state index is 11.9. The normalized spacial score (nSPS) is 20.9. The molecule has 1 saturated carbocycles. The highest BCUT2D eigenvalue weighted by atomic mass is 16.6. The van der Waals surface area contributed by atoms with Crippen molar-refractivity contribution in [3.05, 3.63) is 60.2 Å². The Balaban J connectivity index is 1.80. The Bertz CT molecular complexity index is 1210. The van der Waals surface area contributed by atoms with Crippen LogP contribution in [0.15, 0.2) is 43.5 Å². The molecule has 6 heteroatoms. The quantitative estimate of drug-likeness (QED) is 0.214. The van der Waals surface area contributed by atoms with Gasteiger partial charge in [-0.25, -0.2) is 9.59 Å². The lowest BCUT2D eigenvalue weighted by molar-refractivity contribution is -0.145. The van der Waals surface area contributed by atoms with Crippen molar-refractivity contribution in [2.75, 3.05) is 13.2 Å². The number of hydrogen-bond donors (Lipinski definition) is 0. The van der Waals surface area contributed by atoms with E-state index in [1.54, 1.807) is 0 Å². The molecule has 6 nitrogen and oxygen atoms in total. The van der Waals surface area contributed by atoms with Gasteiger partial charge in [0.2, 0.25) is 0 Å². The van der Waals surface area contributed by atoms with Crippen molar-refractivity contribution in [2.45, 2.75) is 83.8 Å². The van der Waals surface area contributed by atoms with Gasteiger partial charge in [0.15, 0.2) is 0 Å². The zero-order chi connectivity index (χ0) is 27.4. The minimum Gasteiger partial charge on any atom is -0.489 e. The maximum Gasteiger partial charge on any atom is 0.330 e. The van der Waals surface area contributed by atoms with E-state index < -0.39 is 11.9 Å². The van der Waals surface area contributed by atoms with E-state index in [0.717, 1.165) is 41.5 Å². The van der Waals surface area contributed by atoms with Gasteiger partial charge in [-0.15, -0.1) is 0 Å². The summed E-state index contributed by atoms with van der Waals surface area (Å²) in [5.74, 6) is 2.23. The molecule has 0 heterocycles. The SMILES string of the molecule is C=CC(=O)OC(CC)COc1c2c(c(OCC(CC)OC(=O)C=C)c3c(CC)cccc13)C1CC(C)C2C1. The topological polar surface area (TPSA) is 71.1 Å². The molecule has 2 aromatic rings. The fourth-order valence-electron chi connectivity index (χ4n) is 6.09. The number of carbonyl (C=O) groups is 2.